The number of fused-ring (bicyclic) bond motifs is 4. The molecule has 1 saturated carbocycles. The van der Waals surface area contributed by atoms with Gasteiger partial charge in [0.05, 0.1) is 47.9 Å². The fourth-order valence-electron chi connectivity index (χ4n) is 16.8. The monoisotopic (exact) mass is 1800 g/mol. The molecule has 5 fully saturated rings. The van der Waals surface area contributed by atoms with Gasteiger partial charge in [0.1, 0.15) is 117 Å². The minimum atomic E-state index is -0.849. The number of hydrogen-bond acceptors (Lipinski definition) is 20. The van der Waals surface area contributed by atoms with E-state index < -0.39 is 69.5 Å². The van der Waals surface area contributed by atoms with Crippen molar-refractivity contribution in [1.29, 1.82) is 0 Å². The SMILES string of the molecule is C=CC(=O)N1C(C)CN(c2ncnc3c(F)c(-c4c(O)cccc4F)c(Cl)cc23)CC1C.C=CC(=O)N1CCN(c2ncnc3c(F)c(-c4c(O)cccc4F)c(Cl)cc23)CC12CC2.C=CC(=O)N1CCN(c2ncnc3c(F)c(-c4c(O)cccc4F)c(Cl)cc23)CC1C.C=CC(=O)N1CCN(c2ncnc3c(F)c(-c4c(O)cccc4F)c(Cl)cc23)[C@H](C)C1. The number of amides is 4. The normalized spacial score (nSPS) is 17.3. The molecule has 0 bridgehead atoms. The molecule has 17 rings (SSSR count). The molecule has 3 unspecified atom stereocenters. The Balaban J connectivity index is 0.000000136. The van der Waals surface area contributed by atoms with Crippen molar-refractivity contribution in [3.8, 4) is 67.5 Å². The van der Waals surface area contributed by atoms with Crippen LogP contribution in [-0.4, -0.2) is 205 Å². The van der Waals surface area contributed by atoms with Gasteiger partial charge in [0, 0.05) is 140 Å². The predicted molar refractivity (Wildman–Crippen MR) is 468 cm³/mol. The van der Waals surface area contributed by atoms with Crippen LogP contribution in [0.15, 0.2) is 173 Å². The topological polar surface area (TPSA) is 278 Å². The third-order valence-corrected chi connectivity index (χ3v) is 24.0. The van der Waals surface area contributed by atoms with Gasteiger partial charge in [0.15, 0.2) is 23.3 Å². The zero-order valence-electron chi connectivity index (χ0n) is 67.8. The molecule has 1 aliphatic carbocycles. The number of carbonyl (C=O) groups is 4. The van der Waals surface area contributed by atoms with Gasteiger partial charge in [0.25, 0.3) is 0 Å². The molecule has 650 valence electrons. The van der Waals surface area contributed by atoms with E-state index in [4.69, 9.17) is 46.4 Å². The molecule has 4 aromatic heterocycles. The van der Waals surface area contributed by atoms with E-state index in [-0.39, 0.29) is 140 Å². The number of carbonyl (C=O) groups excluding carboxylic acids is 4. The van der Waals surface area contributed by atoms with Crippen LogP contribution in [0.4, 0.5) is 58.4 Å². The Bertz CT molecular complexity index is 6190. The maximum absolute atomic E-state index is 15.6. The highest BCUT2D eigenvalue weighted by molar-refractivity contribution is 6.36. The Morgan fingerprint density at radius 1 is 0.381 bits per heavy atom. The first-order valence-corrected chi connectivity index (χ1v) is 40.9. The number of nitrogens with zero attached hydrogens (tertiary/aromatic N) is 16. The van der Waals surface area contributed by atoms with Crippen LogP contribution >= 0.6 is 46.4 Å². The van der Waals surface area contributed by atoms with Crippen molar-refractivity contribution in [2.75, 3.05) is 91.6 Å². The average Bonchev–Trinajstić information content (AvgIpc) is 1.79. The second kappa shape index (κ2) is 36.6. The largest absolute Gasteiger partial charge is 0.507 e. The minimum Gasteiger partial charge on any atom is -0.507 e. The van der Waals surface area contributed by atoms with Crippen molar-refractivity contribution < 1.29 is 74.7 Å². The van der Waals surface area contributed by atoms with Crippen LogP contribution < -0.4 is 19.6 Å². The van der Waals surface area contributed by atoms with Crippen LogP contribution in [0.3, 0.4) is 0 Å². The number of aromatic hydroxyl groups is 4. The third-order valence-electron chi connectivity index (χ3n) is 22.8. The van der Waals surface area contributed by atoms with Crippen LogP contribution in [0.2, 0.25) is 20.1 Å². The molecule has 4 saturated heterocycles. The summed E-state index contributed by atoms with van der Waals surface area (Å²) >= 11 is 25.5. The first-order valence-electron chi connectivity index (χ1n) is 39.4. The van der Waals surface area contributed by atoms with Gasteiger partial charge in [0.2, 0.25) is 23.6 Å². The average molecular weight is 1810 g/mol. The van der Waals surface area contributed by atoms with E-state index >= 15 is 17.6 Å². The summed E-state index contributed by atoms with van der Waals surface area (Å²) in [4.78, 5) is 96.8. The summed E-state index contributed by atoms with van der Waals surface area (Å²) in [6.07, 6.45) is 11.9. The highest BCUT2D eigenvalue weighted by atomic mass is 35.5. The lowest BCUT2D eigenvalue weighted by atomic mass is 10.0. The molecule has 4 amide bonds. The Hall–Kier alpha value is -13.0. The lowest BCUT2D eigenvalue weighted by Gasteiger charge is -2.44. The highest BCUT2D eigenvalue weighted by Crippen LogP contribution is 2.50. The Kier molecular flexibility index (Phi) is 26.0. The van der Waals surface area contributed by atoms with Crippen molar-refractivity contribution in [2.45, 2.75) is 70.2 Å². The number of hydrogen-bond donors (Lipinski definition) is 4. The number of halogens is 12. The summed E-state index contributed by atoms with van der Waals surface area (Å²) in [6.45, 7) is 27.1. The number of aromatic nitrogens is 8. The summed E-state index contributed by atoms with van der Waals surface area (Å²) in [5.74, 6) is -6.93. The molecule has 4 aliphatic heterocycles. The Morgan fingerprint density at radius 2 is 0.722 bits per heavy atom. The van der Waals surface area contributed by atoms with Gasteiger partial charge < -0.3 is 59.6 Å². The molecule has 24 nitrogen and oxygen atoms in total. The van der Waals surface area contributed by atoms with E-state index in [1.54, 1.807) is 14.7 Å². The van der Waals surface area contributed by atoms with Gasteiger partial charge in [-0.3, -0.25) is 19.2 Å². The molecule has 4 atom stereocenters. The standard InChI is InChI=1S/C23H19ClF2N4O2.C23H21ClF2N4O2.2C22H19ClF2N4O2/c1-2-17(32)30-9-8-29(11-23(30)6-7-23)22-13-10-14(24)18(20(26)21(13)27-12-28-22)19-15(25)4-3-5-16(19)31;1-4-18(32)30-12(2)9-29(10-13(30)3)23-14-8-15(24)19(21(26)22(14)27-11-28-23)20-16(25)6-5-7-17(20)31;1-3-17(31)29-8-7-28(10-12(29)2)22-13-9-14(23)18(20(25)21(13)26-11-27-22)19-15(24)5-4-6-16(19)30;1-3-17(31)28-7-8-29(12(2)10-28)22-13-9-14(23)18(20(25)21(13)26-11-27-22)19-15(24)5-4-6-16(19)30/h2-5,10,12,31H,1,6-9,11H2;4-8,11-13,31H,1,9-10H2,2-3H3;2*3-6,9,11-12,30H,1,7-8,10H2,2H3/t;;;12-/m...1/s1. The summed E-state index contributed by atoms with van der Waals surface area (Å²) in [6, 6.07) is 20.2. The van der Waals surface area contributed by atoms with Crippen LogP contribution in [0.25, 0.3) is 88.1 Å². The highest BCUT2D eigenvalue weighted by Gasteiger charge is 2.53. The molecule has 36 heteroatoms. The van der Waals surface area contributed by atoms with Crippen LogP contribution in [0.1, 0.15) is 40.5 Å². The molecular weight excluding hydrogens is 1730 g/mol. The zero-order valence-corrected chi connectivity index (χ0v) is 70.8. The van der Waals surface area contributed by atoms with E-state index in [1.807, 2.05) is 52.2 Å². The molecule has 4 N–H and O–H groups in total. The van der Waals surface area contributed by atoms with Gasteiger partial charge in [-0.2, -0.15) is 0 Å². The van der Waals surface area contributed by atoms with E-state index in [2.05, 4.69) is 66.2 Å². The number of rotatable bonds is 12. The molecule has 1 spiro atoms. The van der Waals surface area contributed by atoms with Crippen molar-refractivity contribution >= 4 is 137 Å². The maximum atomic E-state index is 15.6. The number of anilines is 4. The fraction of sp³-hybridized carbons (Fsp3) is 0.244. The quantitative estimate of drug-likeness (QED) is 0.0653. The van der Waals surface area contributed by atoms with E-state index in [1.165, 1.54) is 122 Å². The number of phenolic OH excluding ortho intramolecular Hbond substituents is 4. The van der Waals surface area contributed by atoms with Gasteiger partial charge >= 0.3 is 0 Å². The molecule has 0 radical (unpaired) electrons. The van der Waals surface area contributed by atoms with Crippen LogP contribution in [0.5, 0.6) is 23.0 Å². The predicted octanol–water partition coefficient (Wildman–Crippen LogP) is 17.2. The smallest absolute Gasteiger partial charge is 0.246 e. The molecule has 126 heavy (non-hydrogen) atoms. The van der Waals surface area contributed by atoms with Gasteiger partial charge in [-0.05, 0) is 138 Å². The minimum absolute atomic E-state index is 0.0218. The third kappa shape index (κ3) is 16.9. The van der Waals surface area contributed by atoms with Crippen molar-refractivity contribution in [2.24, 2.45) is 0 Å². The van der Waals surface area contributed by atoms with Crippen LogP contribution in [-0.2, 0) is 19.2 Å². The van der Waals surface area contributed by atoms with Crippen molar-refractivity contribution in [3.63, 3.8) is 0 Å². The van der Waals surface area contributed by atoms with Crippen molar-refractivity contribution in [3.05, 3.63) is 240 Å². The van der Waals surface area contributed by atoms with E-state index in [0.29, 0.717) is 117 Å². The molecule has 12 aromatic rings. The Morgan fingerprint density at radius 3 is 1.07 bits per heavy atom. The van der Waals surface area contributed by atoms with Crippen molar-refractivity contribution in [1.82, 2.24) is 59.5 Å². The first kappa shape index (κ1) is 89.2. The molecule has 8 heterocycles. The Labute approximate surface area is 735 Å². The molecule has 8 aromatic carbocycles. The number of piperazine rings is 4. The second-order valence-corrected chi connectivity index (χ2v) is 32.2. The summed E-state index contributed by atoms with van der Waals surface area (Å²) < 4.78 is 120. The number of phenols is 4. The van der Waals surface area contributed by atoms with Gasteiger partial charge in [-0.1, -0.05) is 97.0 Å². The zero-order chi connectivity index (χ0) is 90.3. The molecule has 5 aliphatic rings. The summed E-state index contributed by atoms with van der Waals surface area (Å²) in [7, 11) is 0. The van der Waals surface area contributed by atoms with Crippen LogP contribution in [0, 0.1) is 46.5 Å². The maximum Gasteiger partial charge on any atom is 0.246 e. The second-order valence-electron chi connectivity index (χ2n) is 30.6. The van der Waals surface area contributed by atoms with Gasteiger partial charge in [-0.25, -0.2) is 75.0 Å². The number of benzene rings is 8. The summed E-state index contributed by atoms with van der Waals surface area (Å²) in [5, 5.41) is 41.6. The van der Waals surface area contributed by atoms with E-state index in [0.717, 1.165) is 37.1 Å². The lowest BCUT2D eigenvalue weighted by molar-refractivity contribution is -0.131. The first-order chi connectivity index (χ1) is 60.3. The van der Waals surface area contributed by atoms with Gasteiger partial charge in [-0.15, -0.1) is 0 Å². The van der Waals surface area contributed by atoms with E-state index in [9.17, 15) is 57.2 Å². The molecular formula is C90H78Cl4F8N16O8. The lowest BCUT2D eigenvalue weighted by Crippen LogP contribution is -2.58. The fourth-order valence-corrected chi connectivity index (χ4v) is 18.0. The summed E-state index contributed by atoms with van der Waals surface area (Å²) in [5.41, 5.74) is -2.73.